The van der Waals surface area contributed by atoms with E-state index in [2.05, 4.69) is 34.1 Å². The van der Waals surface area contributed by atoms with Crippen molar-refractivity contribution >= 4 is 21.5 Å². The van der Waals surface area contributed by atoms with Gasteiger partial charge in [-0.25, -0.2) is 0 Å². The van der Waals surface area contributed by atoms with Crippen molar-refractivity contribution in [1.29, 1.82) is 5.26 Å². The first-order chi connectivity index (χ1) is 7.65. The van der Waals surface area contributed by atoms with Crippen molar-refractivity contribution in [2.45, 2.75) is 13.3 Å². The van der Waals surface area contributed by atoms with Crippen LogP contribution in [0.5, 0.6) is 0 Å². The van der Waals surface area contributed by atoms with Crippen molar-refractivity contribution in [3.63, 3.8) is 0 Å². The predicted octanol–water partition coefficient (Wildman–Crippen LogP) is 4.28. The Bertz CT molecular complexity index is 493. The lowest BCUT2D eigenvalue weighted by Gasteiger charge is -2.28. The Morgan fingerprint density at radius 3 is 2.56 bits per heavy atom. The molecule has 16 heavy (non-hydrogen) atoms. The van der Waals surface area contributed by atoms with Gasteiger partial charge in [-0.2, -0.15) is 5.26 Å². The van der Waals surface area contributed by atoms with Gasteiger partial charge in [0.25, 0.3) is 0 Å². The molecular weight excluding hydrogens is 262 g/mol. The number of hydrogen-bond donors (Lipinski definition) is 0. The maximum atomic E-state index is 9.36. The summed E-state index contributed by atoms with van der Waals surface area (Å²) in [6, 6.07) is 12.5. The highest BCUT2D eigenvalue weighted by atomic mass is 79.9. The smallest absolute Gasteiger partial charge is 0.0845 e. The fourth-order valence-corrected chi connectivity index (χ4v) is 2.67. The van der Waals surface area contributed by atoms with Gasteiger partial charge in [0.1, 0.15) is 0 Å². The Hall–Kier alpha value is -1.33. The molecule has 80 valence electrons. The van der Waals surface area contributed by atoms with E-state index in [-0.39, 0.29) is 0 Å². The van der Waals surface area contributed by atoms with Crippen molar-refractivity contribution in [2.24, 2.45) is 5.41 Å². The highest BCUT2D eigenvalue weighted by Crippen LogP contribution is 2.43. The molecule has 1 aliphatic carbocycles. The first-order valence-electron chi connectivity index (χ1n) is 5.19. The first kappa shape index (κ1) is 11.2. The van der Waals surface area contributed by atoms with Gasteiger partial charge in [0.05, 0.1) is 11.5 Å². The number of rotatable bonds is 1. The second kappa shape index (κ2) is 4.27. The zero-order valence-electron chi connectivity index (χ0n) is 9.07. The lowest BCUT2D eigenvalue weighted by molar-refractivity contribution is 0.591. The van der Waals surface area contributed by atoms with Crippen LogP contribution >= 0.6 is 15.9 Å². The van der Waals surface area contributed by atoms with Crippen LogP contribution in [0.1, 0.15) is 18.9 Å². The number of allylic oxidation sites excluding steroid dienone is 4. The molecule has 0 spiro atoms. The van der Waals surface area contributed by atoms with Crippen LogP contribution in [0.4, 0.5) is 0 Å². The predicted molar refractivity (Wildman–Crippen MR) is 69.8 cm³/mol. The van der Waals surface area contributed by atoms with Crippen molar-refractivity contribution in [3.05, 3.63) is 52.5 Å². The fourth-order valence-electron chi connectivity index (χ4n) is 1.98. The molecule has 0 aromatic heterocycles. The van der Waals surface area contributed by atoms with Crippen LogP contribution in [0.3, 0.4) is 0 Å². The van der Waals surface area contributed by atoms with E-state index in [9.17, 15) is 5.26 Å². The second-order valence-corrected chi connectivity index (χ2v) is 5.20. The summed E-state index contributed by atoms with van der Waals surface area (Å²) < 4.78 is 1.08. The molecule has 0 saturated carbocycles. The van der Waals surface area contributed by atoms with E-state index in [1.807, 2.05) is 37.3 Å². The highest BCUT2D eigenvalue weighted by Gasteiger charge is 2.32. The van der Waals surface area contributed by atoms with Gasteiger partial charge in [0.2, 0.25) is 0 Å². The average molecular weight is 274 g/mol. The standard InChI is InChI=1S/C14H12BrN/c1-14(10-16)9-12(15)7-8-13(14)11-5-3-2-4-6-11/h2-8H,9H2,1H3. The van der Waals surface area contributed by atoms with Gasteiger partial charge in [0.15, 0.2) is 0 Å². The third kappa shape index (κ3) is 1.96. The van der Waals surface area contributed by atoms with Crippen molar-refractivity contribution in [1.82, 2.24) is 0 Å². The lowest BCUT2D eigenvalue weighted by atomic mass is 9.75. The van der Waals surface area contributed by atoms with Gasteiger partial charge in [-0.15, -0.1) is 0 Å². The minimum Gasteiger partial charge on any atom is -0.197 e. The van der Waals surface area contributed by atoms with Crippen LogP contribution in [-0.4, -0.2) is 0 Å². The third-order valence-electron chi connectivity index (χ3n) is 2.88. The van der Waals surface area contributed by atoms with E-state index in [0.717, 1.165) is 22.0 Å². The lowest BCUT2D eigenvalue weighted by Crippen LogP contribution is -2.18. The summed E-state index contributed by atoms with van der Waals surface area (Å²) in [7, 11) is 0. The Morgan fingerprint density at radius 2 is 1.94 bits per heavy atom. The van der Waals surface area contributed by atoms with E-state index in [1.165, 1.54) is 0 Å². The average Bonchev–Trinajstić information content (AvgIpc) is 2.30. The quantitative estimate of drug-likeness (QED) is 0.749. The van der Waals surface area contributed by atoms with Crippen LogP contribution in [0.25, 0.3) is 5.57 Å². The Balaban J connectivity index is 2.51. The summed E-state index contributed by atoms with van der Waals surface area (Å²) in [6.45, 7) is 1.99. The molecule has 0 aliphatic heterocycles. The highest BCUT2D eigenvalue weighted by molar-refractivity contribution is 9.11. The Kier molecular flexibility index (Phi) is 2.98. The van der Waals surface area contributed by atoms with E-state index in [0.29, 0.717) is 0 Å². The number of nitriles is 1. The monoisotopic (exact) mass is 273 g/mol. The summed E-state index contributed by atoms with van der Waals surface area (Å²) in [5, 5.41) is 9.36. The largest absolute Gasteiger partial charge is 0.197 e. The second-order valence-electron chi connectivity index (χ2n) is 4.18. The SMILES string of the molecule is CC1(C#N)CC(Br)=CC=C1c1ccccc1. The van der Waals surface area contributed by atoms with Gasteiger partial charge in [-0.05, 0) is 22.5 Å². The minimum atomic E-state index is -0.436. The molecule has 0 bridgehead atoms. The van der Waals surface area contributed by atoms with Gasteiger partial charge in [-0.3, -0.25) is 0 Å². The van der Waals surface area contributed by atoms with Crippen molar-refractivity contribution in [2.75, 3.05) is 0 Å². The number of nitrogens with zero attached hydrogens (tertiary/aromatic N) is 1. The molecule has 0 fully saturated rings. The molecule has 1 unspecified atom stereocenters. The molecule has 1 atom stereocenters. The summed E-state index contributed by atoms with van der Waals surface area (Å²) in [6.07, 6.45) is 4.80. The van der Waals surface area contributed by atoms with Gasteiger partial charge in [-0.1, -0.05) is 58.4 Å². The molecular formula is C14H12BrN. The fraction of sp³-hybridized carbons (Fsp3) is 0.214. The number of halogens is 1. The molecule has 2 heteroatoms. The Morgan fingerprint density at radius 1 is 1.25 bits per heavy atom. The zero-order chi connectivity index (χ0) is 11.6. The maximum Gasteiger partial charge on any atom is 0.0845 e. The molecule has 0 radical (unpaired) electrons. The van der Waals surface area contributed by atoms with E-state index < -0.39 is 5.41 Å². The van der Waals surface area contributed by atoms with Crippen LogP contribution < -0.4 is 0 Å². The molecule has 1 aromatic rings. The van der Waals surface area contributed by atoms with Crippen molar-refractivity contribution in [3.8, 4) is 6.07 Å². The molecule has 1 nitrogen and oxygen atoms in total. The van der Waals surface area contributed by atoms with Crippen molar-refractivity contribution < 1.29 is 0 Å². The van der Waals surface area contributed by atoms with E-state index >= 15 is 0 Å². The van der Waals surface area contributed by atoms with Gasteiger partial charge < -0.3 is 0 Å². The van der Waals surface area contributed by atoms with Crippen LogP contribution in [0.2, 0.25) is 0 Å². The molecule has 0 N–H and O–H groups in total. The van der Waals surface area contributed by atoms with E-state index in [1.54, 1.807) is 0 Å². The maximum absolute atomic E-state index is 9.36. The molecule has 0 amide bonds. The first-order valence-corrected chi connectivity index (χ1v) is 5.98. The topological polar surface area (TPSA) is 23.8 Å². The van der Waals surface area contributed by atoms with Crippen LogP contribution in [-0.2, 0) is 0 Å². The number of hydrogen-bond acceptors (Lipinski definition) is 1. The van der Waals surface area contributed by atoms with Crippen LogP contribution in [0, 0.1) is 16.7 Å². The molecule has 0 saturated heterocycles. The summed E-state index contributed by atoms with van der Waals surface area (Å²) in [4.78, 5) is 0. The molecule has 1 aliphatic rings. The molecule has 1 aromatic carbocycles. The van der Waals surface area contributed by atoms with Gasteiger partial charge in [0, 0.05) is 6.42 Å². The Labute approximate surface area is 104 Å². The molecule has 0 heterocycles. The summed E-state index contributed by atoms with van der Waals surface area (Å²) in [5.74, 6) is 0. The molecule has 2 rings (SSSR count). The minimum absolute atomic E-state index is 0.436. The third-order valence-corrected chi connectivity index (χ3v) is 3.42. The normalized spacial score (nSPS) is 24.3. The van der Waals surface area contributed by atoms with Crippen LogP contribution in [0.15, 0.2) is 47.0 Å². The van der Waals surface area contributed by atoms with E-state index in [4.69, 9.17) is 0 Å². The summed E-state index contributed by atoms with van der Waals surface area (Å²) >= 11 is 3.47. The number of benzene rings is 1. The summed E-state index contributed by atoms with van der Waals surface area (Å²) in [5.41, 5.74) is 1.79. The van der Waals surface area contributed by atoms with Gasteiger partial charge >= 0.3 is 0 Å². The zero-order valence-corrected chi connectivity index (χ0v) is 10.7.